The summed E-state index contributed by atoms with van der Waals surface area (Å²) in [6.07, 6.45) is 0.582. The molecule has 0 atom stereocenters. The number of carbonyl (C=O) groups is 2. The average molecular weight is 379 g/mol. The Morgan fingerprint density at radius 1 is 1.15 bits per heavy atom. The van der Waals surface area contributed by atoms with Crippen LogP contribution in [-0.2, 0) is 9.53 Å². The van der Waals surface area contributed by atoms with Crippen molar-refractivity contribution in [1.82, 2.24) is 5.01 Å². The van der Waals surface area contributed by atoms with E-state index < -0.39 is 30.1 Å². The highest BCUT2D eigenvalue weighted by molar-refractivity contribution is 6.33. The van der Waals surface area contributed by atoms with Gasteiger partial charge in [-0.2, -0.15) is 5.10 Å². The molecule has 0 N–H and O–H groups in total. The number of benzene rings is 2. The maximum absolute atomic E-state index is 13.2. The molecular formula is C18H13ClF2N2O3. The molecule has 1 heterocycles. The second-order valence-corrected chi connectivity index (χ2v) is 5.91. The van der Waals surface area contributed by atoms with Crippen molar-refractivity contribution in [3.8, 4) is 0 Å². The van der Waals surface area contributed by atoms with Gasteiger partial charge in [0.1, 0.15) is 0 Å². The van der Waals surface area contributed by atoms with Crippen LogP contribution in [0.15, 0.2) is 47.6 Å². The monoisotopic (exact) mass is 378 g/mol. The second kappa shape index (κ2) is 7.61. The normalized spacial score (nSPS) is 13.5. The SMILES string of the molecule is O=C(OCC(=O)N1CCC(c2ccccc2)=N1)c1cc(F)c(F)cc1Cl. The third-order valence-corrected chi connectivity index (χ3v) is 4.07. The van der Waals surface area contributed by atoms with E-state index in [1.807, 2.05) is 30.3 Å². The van der Waals surface area contributed by atoms with Crippen LogP contribution in [0.5, 0.6) is 0 Å². The summed E-state index contributed by atoms with van der Waals surface area (Å²) in [5, 5.41) is 5.14. The molecule has 5 nitrogen and oxygen atoms in total. The molecule has 1 aliphatic rings. The smallest absolute Gasteiger partial charge is 0.340 e. The van der Waals surface area contributed by atoms with Gasteiger partial charge in [0, 0.05) is 6.42 Å². The maximum atomic E-state index is 13.2. The molecule has 0 saturated carbocycles. The molecule has 0 bridgehead atoms. The number of ether oxygens (including phenoxy) is 1. The number of hydrogen-bond donors (Lipinski definition) is 0. The average Bonchev–Trinajstić information content (AvgIpc) is 3.13. The first-order valence-corrected chi connectivity index (χ1v) is 8.08. The molecule has 0 spiro atoms. The number of nitrogens with zero attached hydrogens (tertiary/aromatic N) is 2. The van der Waals surface area contributed by atoms with Gasteiger partial charge in [0.25, 0.3) is 5.91 Å². The molecule has 0 saturated heterocycles. The van der Waals surface area contributed by atoms with Gasteiger partial charge in [0.2, 0.25) is 0 Å². The fraction of sp³-hybridized carbons (Fsp3) is 0.167. The summed E-state index contributed by atoms with van der Waals surface area (Å²) in [6.45, 7) is -0.216. The highest BCUT2D eigenvalue weighted by Crippen LogP contribution is 2.21. The lowest BCUT2D eigenvalue weighted by molar-refractivity contribution is -0.134. The number of halogens is 3. The Hall–Kier alpha value is -2.80. The van der Waals surface area contributed by atoms with Gasteiger partial charge < -0.3 is 4.74 Å². The summed E-state index contributed by atoms with van der Waals surface area (Å²) in [5.74, 6) is -3.96. The van der Waals surface area contributed by atoms with Crippen molar-refractivity contribution in [1.29, 1.82) is 0 Å². The fourth-order valence-electron chi connectivity index (χ4n) is 2.43. The first-order valence-electron chi connectivity index (χ1n) is 7.70. The Bertz CT molecular complexity index is 888. The first kappa shape index (κ1) is 18.0. The molecule has 0 aromatic heterocycles. The number of carbonyl (C=O) groups excluding carboxylic acids is 2. The number of hydrogen-bond acceptors (Lipinski definition) is 4. The van der Waals surface area contributed by atoms with E-state index in [-0.39, 0.29) is 10.6 Å². The molecule has 0 fully saturated rings. The third-order valence-electron chi connectivity index (χ3n) is 3.75. The Morgan fingerprint density at radius 3 is 2.58 bits per heavy atom. The van der Waals surface area contributed by atoms with E-state index in [0.717, 1.165) is 11.3 Å². The van der Waals surface area contributed by atoms with E-state index in [0.29, 0.717) is 25.1 Å². The van der Waals surface area contributed by atoms with Crippen LogP contribution in [0.1, 0.15) is 22.3 Å². The summed E-state index contributed by atoms with van der Waals surface area (Å²) in [6, 6.07) is 10.7. The lowest BCUT2D eigenvalue weighted by Gasteiger charge is -2.12. The Morgan fingerprint density at radius 2 is 1.85 bits per heavy atom. The molecule has 134 valence electrons. The number of amides is 1. The maximum Gasteiger partial charge on any atom is 0.340 e. The van der Waals surface area contributed by atoms with Gasteiger partial charge in [-0.05, 0) is 17.7 Å². The molecule has 26 heavy (non-hydrogen) atoms. The highest BCUT2D eigenvalue weighted by atomic mass is 35.5. The van der Waals surface area contributed by atoms with Crippen molar-refractivity contribution < 1.29 is 23.1 Å². The number of hydrazone groups is 1. The van der Waals surface area contributed by atoms with E-state index in [1.54, 1.807) is 0 Å². The minimum atomic E-state index is -1.23. The van der Waals surface area contributed by atoms with E-state index in [9.17, 15) is 18.4 Å². The fourth-order valence-corrected chi connectivity index (χ4v) is 2.66. The quantitative estimate of drug-likeness (QED) is 0.605. The predicted octanol–water partition coefficient (Wildman–Crippen LogP) is 3.41. The van der Waals surface area contributed by atoms with E-state index in [1.165, 1.54) is 5.01 Å². The van der Waals surface area contributed by atoms with Crippen molar-refractivity contribution in [2.24, 2.45) is 5.10 Å². The van der Waals surface area contributed by atoms with Crippen LogP contribution in [0.3, 0.4) is 0 Å². The summed E-state index contributed by atoms with van der Waals surface area (Å²) in [4.78, 5) is 24.1. The lowest BCUT2D eigenvalue weighted by atomic mass is 10.1. The topological polar surface area (TPSA) is 59.0 Å². The third kappa shape index (κ3) is 3.88. The molecule has 1 amide bonds. The van der Waals surface area contributed by atoms with Crippen molar-refractivity contribution >= 4 is 29.2 Å². The van der Waals surface area contributed by atoms with Gasteiger partial charge in [-0.1, -0.05) is 41.9 Å². The zero-order valence-corrected chi connectivity index (χ0v) is 14.2. The molecule has 1 aliphatic heterocycles. The Kier molecular flexibility index (Phi) is 5.27. The van der Waals surface area contributed by atoms with Crippen LogP contribution >= 0.6 is 11.6 Å². The zero-order chi connectivity index (χ0) is 18.7. The van der Waals surface area contributed by atoms with Gasteiger partial charge >= 0.3 is 5.97 Å². The van der Waals surface area contributed by atoms with Crippen LogP contribution < -0.4 is 0 Å². The predicted molar refractivity (Wildman–Crippen MR) is 91.0 cm³/mol. The first-order chi connectivity index (χ1) is 12.5. The van der Waals surface area contributed by atoms with Crippen LogP contribution in [0.4, 0.5) is 8.78 Å². The van der Waals surface area contributed by atoms with Crippen LogP contribution in [-0.4, -0.2) is 35.7 Å². The van der Waals surface area contributed by atoms with Crippen molar-refractivity contribution in [3.05, 3.63) is 70.2 Å². The van der Waals surface area contributed by atoms with Crippen molar-refractivity contribution in [2.45, 2.75) is 6.42 Å². The van der Waals surface area contributed by atoms with Gasteiger partial charge in [-0.25, -0.2) is 18.6 Å². The van der Waals surface area contributed by atoms with E-state index in [2.05, 4.69) is 5.10 Å². The molecule has 0 radical (unpaired) electrons. The molecule has 8 heteroatoms. The van der Waals surface area contributed by atoms with Crippen molar-refractivity contribution in [3.63, 3.8) is 0 Å². The van der Waals surface area contributed by atoms with E-state index in [4.69, 9.17) is 16.3 Å². The molecule has 2 aromatic carbocycles. The van der Waals surface area contributed by atoms with E-state index >= 15 is 0 Å². The summed E-state index contributed by atoms with van der Waals surface area (Å²) in [5.41, 5.74) is 1.32. The molecular weight excluding hydrogens is 366 g/mol. The summed E-state index contributed by atoms with van der Waals surface area (Å²) >= 11 is 5.70. The van der Waals surface area contributed by atoms with Gasteiger partial charge in [-0.3, -0.25) is 4.79 Å². The molecule has 3 rings (SSSR count). The molecule has 0 unspecified atom stereocenters. The van der Waals surface area contributed by atoms with Crippen LogP contribution in [0, 0.1) is 11.6 Å². The van der Waals surface area contributed by atoms with Crippen molar-refractivity contribution in [2.75, 3.05) is 13.2 Å². The largest absolute Gasteiger partial charge is 0.452 e. The van der Waals surface area contributed by atoms with Gasteiger partial charge in [0.15, 0.2) is 18.2 Å². The van der Waals surface area contributed by atoms with Crippen LogP contribution in [0.2, 0.25) is 5.02 Å². The highest BCUT2D eigenvalue weighted by Gasteiger charge is 2.23. The summed E-state index contributed by atoms with van der Waals surface area (Å²) in [7, 11) is 0. The minimum Gasteiger partial charge on any atom is -0.452 e. The standard InChI is InChI=1S/C18H13ClF2N2O3/c19-13-9-15(21)14(20)8-12(13)18(25)26-10-17(24)23-7-6-16(22-23)11-4-2-1-3-5-11/h1-5,8-9H,6-7,10H2. The zero-order valence-electron chi connectivity index (χ0n) is 13.4. The number of rotatable bonds is 4. The Balaban J connectivity index is 1.62. The molecule has 0 aliphatic carbocycles. The van der Waals surface area contributed by atoms with Gasteiger partial charge in [0.05, 0.1) is 22.8 Å². The number of esters is 1. The molecule has 2 aromatic rings. The van der Waals surface area contributed by atoms with Crippen LogP contribution in [0.25, 0.3) is 0 Å². The minimum absolute atomic E-state index is 0.299. The van der Waals surface area contributed by atoms with Gasteiger partial charge in [-0.15, -0.1) is 0 Å². The summed E-state index contributed by atoms with van der Waals surface area (Å²) < 4.78 is 31.1. The second-order valence-electron chi connectivity index (χ2n) is 5.50. The lowest BCUT2D eigenvalue weighted by Crippen LogP contribution is -2.28. The Labute approximate surface area is 152 Å².